The molecule has 1 nitrogen and oxygen atoms in total. The number of nitrogens with zero attached hydrogens (tertiary/aromatic N) is 1. The number of benzene rings is 10. The van der Waals surface area contributed by atoms with Crippen molar-refractivity contribution in [2.45, 2.75) is 0 Å². The van der Waals surface area contributed by atoms with Gasteiger partial charge in [0.05, 0.1) is 0 Å². The molecule has 0 spiro atoms. The van der Waals surface area contributed by atoms with Gasteiger partial charge in [-0.3, -0.25) is 0 Å². The van der Waals surface area contributed by atoms with Crippen molar-refractivity contribution in [1.29, 1.82) is 0 Å². The average Bonchev–Trinajstić information content (AvgIpc) is 3.23. The van der Waals surface area contributed by atoms with E-state index in [1.54, 1.807) is 0 Å². The quantitative estimate of drug-likeness (QED) is 0.159. The predicted octanol–water partition coefficient (Wildman–Crippen LogP) is 14.8. The van der Waals surface area contributed by atoms with Gasteiger partial charge in [-0.1, -0.05) is 152 Å². The normalized spacial score (nSPS) is 11.4. The van der Waals surface area contributed by atoms with Crippen LogP contribution in [0.2, 0.25) is 0 Å². The monoisotopic (exact) mass is 673 g/mol. The first-order valence-corrected chi connectivity index (χ1v) is 18.3. The van der Waals surface area contributed by atoms with E-state index in [0.717, 1.165) is 17.1 Å². The molecule has 0 amide bonds. The van der Waals surface area contributed by atoms with Crippen molar-refractivity contribution >= 4 is 60.2 Å². The summed E-state index contributed by atoms with van der Waals surface area (Å²) in [7, 11) is 0. The van der Waals surface area contributed by atoms with Gasteiger partial charge in [0.15, 0.2) is 0 Å². The summed E-state index contributed by atoms with van der Waals surface area (Å²) < 4.78 is 0. The van der Waals surface area contributed by atoms with Crippen molar-refractivity contribution in [2.24, 2.45) is 0 Å². The lowest BCUT2D eigenvalue weighted by atomic mass is 9.85. The Kier molecular flexibility index (Phi) is 7.55. The summed E-state index contributed by atoms with van der Waals surface area (Å²) in [4.78, 5) is 2.30. The van der Waals surface area contributed by atoms with Crippen molar-refractivity contribution in [1.82, 2.24) is 0 Å². The highest BCUT2D eigenvalue weighted by Crippen LogP contribution is 2.44. The summed E-state index contributed by atoms with van der Waals surface area (Å²) in [6.45, 7) is 0. The fraction of sp³-hybridized carbons (Fsp3) is 0. The van der Waals surface area contributed by atoms with Gasteiger partial charge >= 0.3 is 0 Å². The van der Waals surface area contributed by atoms with Crippen LogP contribution in [0, 0.1) is 0 Å². The number of fused-ring (bicyclic) bond motifs is 4. The van der Waals surface area contributed by atoms with Crippen LogP contribution in [0.5, 0.6) is 0 Å². The second-order valence-electron chi connectivity index (χ2n) is 13.7. The van der Waals surface area contributed by atoms with Crippen LogP contribution in [-0.2, 0) is 0 Å². The Labute approximate surface area is 309 Å². The van der Waals surface area contributed by atoms with Gasteiger partial charge in [0.1, 0.15) is 0 Å². The molecule has 0 heterocycles. The third-order valence-corrected chi connectivity index (χ3v) is 10.6. The van der Waals surface area contributed by atoms with Crippen molar-refractivity contribution in [3.63, 3.8) is 0 Å². The summed E-state index contributed by atoms with van der Waals surface area (Å²) in [6, 6.07) is 77.1. The van der Waals surface area contributed by atoms with E-state index in [1.807, 2.05) is 0 Å². The van der Waals surface area contributed by atoms with Crippen LogP contribution in [0.3, 0.4) is 0 Å². The molecular formula is C52H35N. The molecule has 0 unspecified atom stereocenters. The summed E-state index contributed by atoms with van der Waals surface area (Å²) >= 11 is 0. The zero-order chi connectivity index (χ0) is 35.1. The Morgan fingerprint density at radius 3 is 1.11 bits per heavy atom. The standard InChI is InChI=1S/C52H35N/c1-4-14-37(15-5-1)51-47-20-10-12-22-49(47)52(50-23-13-11-21-48(50)51)41-27-26-40-33-42-32-38(24-25-39(42)34-43(40)35-41)36-28-30-46(31-29-36)53(44-16-6-2-7-17-44)45-18-8-3-9-19-45/h1-35H. The van der Waals surface area contributed by atoms with Gasteiger partial charge in [0, 0.05) is 17.1 Å². The first-order valence-electron chi connectivity index (χ1n) is 18.3. The summed E-state index contributed by atoms with van der Waals surface area (Å²) in [5.41, 5.74) is 10.9. The Balaban J connectivity index is 1.04. The Hall–Kier alpha value is -6.96. The maximum Gasteiger partial charge on any atom is 0.0462 e. The van der Waals surface area contributed by atoms with Gasteiger partial charge in [-0.25, -0.2) is 0 Å². The van der Waals surface area contributed by atoms with E-state index in [9.17, 15) is 0 Å². The summed E-state index contributed by atoms with van der Waals surface area (Å²) in [5.74, 6) is 0. The van der Waals surface area contributed by atoms with Crippen molar-refractivity contribution < 1.29 is 0 Å². The molecule has 0 fully saturated rings. The predicted molar refractivity (Wildman–Crippen MR) is 227 cm³/mol. The van der Waals surface area contributed by atoms with E-state index in [4.69, 9.17) is 0 Å². The fourth-order valence-corrected chi connectivity index (χ4v) is 8.09. The maximum atomic E-state index is 2.38. The number of anilines is 3. The highest BCUT2D eigenvalue weighted by atomic mass is 15.1. The minimum Gasteiger partial charge on any atom is -0.311 e. The lowest BCUT2D eigenvalue weighted by molar-refractivity contribution is 1.28. The summed E-state index contributed by atoms with van der Waals surface area (Å²) in [6.07, 6.45) is 0. The molecule has 10 rings (SSSR count). The molecule has 0 aromatic heterocycles. The minimum absolute atomic E-state index is 1.13. The Morgan fingerprint density at radius 1 is 0.226 bits per heavy atom. The van der Waals surface area contributed by atoms with E-state index in [2.05, 4.69) is 217 Å². The smallest absolute Gasteiger partial charge is 0.0462 e. The lowest BCUT2D eigenvalue weighted by Gasteiger charge is -2.25. The van der Waals surface area contributed by atoms with Crippen LogP contribution in [0.15, 0.2) is 212 Å². The topological polar surface area (TPSA) is 3.24 Å². The Bertz CT molecular complexity index is 2820. The van der Waals surface area contributed by atoms with Crippen LogP contribution in [-0.4, -0.2) is 0 Å². The number of hydrogen-bond donors (Lipinski definition) is 0. The van der Waals surface area contributed by atoms with E-state index >= 15 is 0 Å². The third-order valence-electron chi connectivity index (χ3n) is 10.6. The molecule has 0 aliphatic heterocycles. The molecule has 0 atom stereocenters. The largest absolute Gasteiger partial charge is 0.311 e. The molecular weight excluding hydrogens is 639 g/mol. The molecule has 0 saturated carbocycles. The number of para-hydroxylation sites is 2. The van der Waals surface area contributed by atoms with Crippen LogP contribution in [0.25, 0.3) is 76.5 Å². The van der Waals surface area contributed by atoms with Crippen LogP contribution < -0.4 is 4.90 Å². The molecule has 53 heavy (non-hydrogen) atoms. The van der Waals surface area contributed by atoms with E-state index in [-0.39, 0.29) is 0 Å². The molecule has 10 aromatic carbocycles. The summed E-state index contributed by atoms with van der Waals surface area (Å²) in [5, 5.41) is 10.1. The van der Waals surface area contributed by atoms with Crippen LogP contribution in [0.4, 0.5) is 17.1 Å². The zero-order valence-corrected chi connectivity index (χ0v) is 29.2. The van der Waals surface area contributed by atoms with E-state index < -0.39 is 0 Å². The minimum atomic E-state index is 1.13. The first-order chi connectivity index (χ1) is 26.3. The van der Waals surface area contributed by atoms with Crippen LogP contribution in [0.1, 0.15) is 0 Å². The van der Waals surface area contributed by atoms with E-state index in [1.165, 1.54) is 76.5 Å². The van der Waals surface area contributed by atoms with Gasteiger partial charge in [-0.15, -0.1) is 0 Å². The molecule has 0 aliphatic rings. The molecule has 248 valence electrons. The second kappa shape index (κ2) is 13.0. The fourth-order valence-electron chi connectivity index (χ4n) is 8.09. The van der Waals surface area contributed by atoms with Gasteiger partial charge in [-0.05, 0) is 137 Å². The highest BCUT2D eigenvalue weighted by Gasteiger charge is 2.17. The highest BCUT2D eigenvalue weighted by molar-refractivity contribution is 6.21. The zero-order valence-electron chi connectivity index (χ0n) is 29.2. The lowest BCUT2D eigenvalue weighted by Crippen LogP contribution is -2.09. The molecule has 10 aromatic rings. The van der Waals surface area contributed by atoms with Gasteiger partial charge in [0.2, 0.25) is 0 Å². The van der Waals surface area contributed by atoms with Crippen molar-refractivity contribution in [3.8, 4) is 33.4 Å². The van der Waals surface area contributed by atoms with Gasteiger partial charge in [0.25, 0.3) is 0 Å². The molecule has 0 radical (unpaired) electrons. The average molecular weight is 674 g/mol. The molecule has 1 heteroatoms. The van der Waals surface area contributed by atoms with Crippen molar-refractivity contribution in [2.75, 3.05) is 4.90 Å². The molecule has 0 aliphatic carbocycles. The molecule has 0 bridgehead atoms. The van der Waals surface area contributed by atoms with Crippen LogP contribution >= 0.6 is 0 Å². The maximum absolute atomic E-state index is 2.38. The number of hydrogen-bond acceptors (Lipinski definition) is 1. The molecule has 0 saturated heterocycles. The third kappa shape index (κ3) is 5.51. The number of rotatable bonds is 6. The van der Waals surface area contributed by atoms with Gasteiger partial charge in [-0.2, -0.15) is 0 Å². The van der Waals surface area contributed by atoms with Gasteiger partial charge < -0.3 is 4.90 Å². The Morgan fingerprint density at radius 2 is 0.604 bits per heavy atom. The first kappa shape index (κ1) is 30.8. The SMILES string of the molecule is c1ccc(-c2c3ccccc3c(-c3ccc4cc5cc(-c6ccc(N(c7ccccc7)c7ccccc7)cc6)ccc5cc4c3)c3ccccc23)cc1. The van der Waals surface area contributed by atoms with E-state index in [0.29, 0.717) is 0 Å². The molecule has 0 N–H and O–H groups in total. The second-order valence-corrected chi connectivity index (χ2v) is 13.7. The van der Waals surface area contributed by atoms with Crippen molar-refractivity contribution in [3.05, 3.63) is 212 Å².